The van der Waals surface area contributed by atoms with E-state index >= 15 is 0 Å². The van der Waals surface area contributed by atoms with Gasteiger partial charge in [-0.15, -0.1) is 0 Å². The van der Waals surface area contributed by atoms with Crippen LogP contribution >= 0.6 is 0 Å². The molecule has 0 radical (unpaired) electrons. The van der Waals surface area contributed by atoms with Crippen LogP contribution in [0.1, 0.15) is 316 Å². The molecule has 0 unspecified atom stereocenters. The molecule has 6 saturated heterocycles. The number of piperazine rings is 1. The van der Waals surface area contributed by atoms with Crippen LogP contribution in [-0.2, 0) is 11.3 Å². The van der Waals surface area contributed by atoms with Crippen molar-refractivity contribution in [1.82, 2.24) is 81.8 Å². The summed E-state index contributed by atoms with van der Waals surface area (Å²) in [5, 5.41) is 28.3. The normalized spacial score (nSPS) is 21.4. The zero-order valence-corrected chi connectivity index (χ0v) is 82.1. The van der Waals surface area contributed by atoms with Crippen molar-refractivity contribution < 1.29 is 13.5 Å². The summed E-state index contributed by atoms with van der Waals surface area (Å²) in [5.74, 6) is 1.35. The van der Waals surface area contributed by atoms with Gasteiger partial charge in [-0.2, -0.15) is 0 Å². The lowest BCUT2D eigenvalue weighted by Crippen LogP contribution is -2.55. The van der Waals surface area contributed by atoms with Crippen LogP contribution in [0.3, 0.4) is 0 Å². The smallest absolute Gasteiger partial charge is 0.250 e. The average Bonchev–Trinajstić information content (AvgIpc) is 1.42. The summed E-state index contributed by atoms with van der Waals surface area (Å²) >= 11 is 0. The molecule has 682 valence electrons. The van der Waals surface area contributed by atoms with Crippen LogP contribution in [0.15, 0.2) is 24.5 Å². The van der Waals surface area contributed by atoms with Crippen molar-refractivity contribution in [1.29, 1.82) is 0 Å². The third kappa shape index (κ3) is 64.8. The number of piperidine rings is 4. The summed E-state index contributed by atoms with van der Waals surface area (Å²) in [6.45, 7) is 98.1. The number of likely N-dealkylation sites (N-methyl/N-ethyl adjacent to an activating group) is 1. The quantitative estimate of drug-likeness (QED) is 0.0591. The molecule has 10 rings (SSSR count). The molecule has 0 amide bonds. The van der Waals surface area contributed by atoms with E-state index in [0.29, 0.717) is 29.6 Å². The van der Waals surface area contributed by atoms with Crippen LogP contribution < -0.4 is 42.5 Å². The van der Waals surface area contributed by atoms with Crippen LogP contribution in [0.4, 0.5) is 8.78 Å². The lowest BCUT2D eigenvalue weighted by atomic mass is 9.77. The maximum Gasteiger partial charge on any atom is 0.250 e. The highest BCUT2D eigenvalue weighted by atomic mass is 19.3. The zero-order chi connectivity index (χ0) is 87.0. The van der Waals surface area contributed by atoms with Gasteiger partial charge in [0.1, 0.15) is 0 Å². The second-order valence-corrected chi connectivity index (χ2v) is 45.8. The molecule has 3 aliphatic carbocycles. The first-order valence-corrected chi connectivity index (χ1v) is 46.9. The molecule has 0 atom stereocenters. The maximum atomic E-state index is 12.8. The number of hydrogen-bond acceptors (Lipinski definition) is 17. The molecular formula is C96H198F2N16O. The molecule has 7 heterocycles. The predicted molar refractivity (Wildman–Crippen MR) is 498 cm³/mol. The highest BCUT2D eigenvalue weighted by Crippen LogP contribution is 2.34. The van der Waals surface area contributed by atoms with Crippen LogP contribution in [0.25, 0.3) is 0 Å². The standard InChI is InChI=1S/C14H28N2.2C12H26N2.C11H22F2N2.C11H25N3.C10H16N2.C9H19NO.C9H19N.C8H17N/c1-14(2,3)15-10-12-6-8-16(9-7-12)11-13-4-5-13;2*1-5-14-8-6-11(7-9-14)10-13-12(2,3)4;1-10(2,3)14-6-9-15-7-4-11(12,13)5-8-15;1-11(2,3)12-5-6-14-9-7-13(4)8-10-14;1-10(2,3)12-8-9-5-4-6-11-7-9;1-9(2,3)8-10-4-6-11-7-5-10;1-8(2,3)10-9(4)6-5-7-9;1-8(2,3)9-7-5-4-6-7/h12-13,15H,4-11H2,1-3H3;2*11,13H,5-10H2,1-4H3;14H,4-9H2,1-3H3;12H,5-10H2,1-4H3;4-7,12H,8H2,1-3H3;4-8H2,1-3H3;10H,5-7H2,1-4H3;7,9H,4-6H2,1-3H3. The van der Waals surface area contributed by atoms with Crippen LogP contribution in [0, 0.1) is 29.1 Å². The molecular weight excluding hydrogens is 1430 g/mol. The van der Waals surface area contributed by atoms with Gasteiger partial charge in [0, 0.05) is 179 Å². The molecule has 0 spiro atoms. The van der Waals surface area contributed by atoms with Crippen molar-refractivity contribution in [2.24, 2.45) is 29.1 Å². The fourth-order valence-electron chi connectivity index (χ4n) is 15.0. The summed E-state index contributed by atoms with van der Waals surface area (Å²) in [7, 11) is 2.20. The van der Waals surface area contributed by atoms with E-state index in [1.54, 1.807) is 6.20 Å². The van der Waals surface area contributed by atoms with Crippen molar-refractivity contribution in [2.45, 2.75) is 379 Å². The summed E-state index contributed by atoms with van der Waals surface area (Å²) < 4.78 is 31.0. The molecule has 0 aromatic carbocycles. The lowest BCUT2D eigenvalue weighted by molar-refractivity contribution is -0.0549. The molecule has 1 aromatic heterocycles. The van der Waals surface area contributed by atoms with E-state index in [4.69, 9.17) is 4.74 Å². The number of pyridine rings is 1. The van der Waals surface area contributed by atoms with Gasteiger partial charge in [-0.1, -0.05) is 47.1 Å². The number of hydrogen-bond donors (Lipinski definition) is 8. The van der Waals surface area contributed by atoms with Crippen molar-refractivity contribution in [3.8, 4) is 0 Å². The second-order valence-electron chi connectivity index (χ2n) is 45.8. The first-order valence-electron chi connectivity index (χ1n) is 46.9. The molecule has 9 aliphatic rings. The predicted octanol–water partition coefficient (Wildman–Crippen LogP) is 17.0. The van der Waals surface area contributed by atoms with E-state index in [1.165, 1.54) is 213 Å². The van der Waals surface area contributed by atoms with Crippen LogP contribution in [0.5, 0.6) is 0 Å². The SMILES string of the molecule is CC(C)(C)CN1CCOCC1.CC(C)(C)NC1(C)CCC1.CC(C)(C)NC1CCC1.CC(C)(C)NCC1CCN(CC2CC2)CC1.CC(C)(C)NCCN1CCC(F)(F)CC1.CC(C)(C)NCc1cccnc1.CCN1CCC(CNC(C)(C)C)CC1.CCN1CCC(CNC(C)(C)C)CC1.CN1CCN(CCNC(C)(C)C)CC1. The van der Waals surface area contributed by atoms with Crippen LogP contribution in [0.2, 0.25) is 0 Å². The van der Waals surface area contributed by atoms with E-state index in [1.807, 2.05) is 12.3 Å². The van der Waals surface area contributed by atoms with Gasteiger partial charge in [-0.05, 0) is 376 Å². The van der Waals surface area contributed by atoms with E-state index in [9.17, 15) is 8.78 Å². The highest BCUT2D eigenvalue weighted by Gasteiger charge is 2.36. The summed E-state index contributed by atoms with van der Waals surface area (Å²) in [6, 6.07) is 4.86. The Bertz CT molecular complexity index is 2460. The molecule has 19 heteroatoms. The lowest BCUT2D eigenvalue weighted by Gasteiger charge is -2.44. The average molecular weight is 1630 g/mol. The molecule has 17 nitrogen and oxygen atoms in total. The first kappa shape index (κ1) is 109. The Kier molecular flexibility index (Phi) is 50.9. The largest absolute Gasteiger partial charge is 0.379 e. The highest BCUT2D eigenvalue weighted by molar-refractivity contribution is 5.08. The second kappa shape index (κ2) is 53.5. The Hall–Kier alpha value is -1.63. The Morgan fingerprint density at radius 1 is 0.417 bits per heavy atom. The molecule has 1 aromatic rings. The van der Waals surface area contributed by atoms with Crippen molar-refractivity contribution >= 4 is 0 Å². The molecule has 115 heavy (non-hydrogen) atoms. The Balaban J connectivity index is 0.000000441. The number of nitrogens with zero attached hydrogens (tertiary/aromatic N) is 8. The van der Waals surface area contributed by atoms with Gasteiger partial charge in [0.2, 0.25) is 0 Å². The Morgan fingerprint density at radius 3 is 1.11 bits per heavy atom. The Labute approximate surface area is 713 Å². The minimum Gasteiger partial charge on any atom is -0.379 e. The van der Waals surface area contributed by atoms with Gasteiger partial charge in [0.05, 0.1) is 13.2 Å². The number of aromatic nitrogens is 1. The van der Waals surface area contributed by atoms with E-state index in [2.05, 4.69) is 303 Å². The van der Waals surface area contributed by atoms with E-state index in [-0.39, 0.29) is 51.6 Å². The molecule has 3 saturated carbocycles. The summed E-state index contributed by atoms with van der Waals surface area (Å²) in [5.41, 5.74) is 4.11. The summed E-state index contributed by atoms with van der Waals surface area (Å²) in [4.78, 5) is 21.3. The number of ether oxygens (including phenoxy) is 1. The monoisotopic (exact) mass is 1630 g/mol. The van der Waals surface area contributed by atoms with Crippen LogP contribution in [-0.4, -0.2) is 285 Å². The fraction of sp³-hybridized carbons (Fsp3) is 0.948. The van der Waals surface area contributed by atoms with Gasteiger partial charge < -0.3 is 71.8 Å². The number of alkyl halides is 2. The van der Waals surface area contributed by atoms with E-state index < -0.39 is 5.92 Å². The van der Waals surface area contributed by atoms with Gasteiger partial charge >= 0.3 is 0 Å². The number of rotatable bonds is 21. The molecule has 8 N–H and O–H groups in total. The zero-order valence-electron chi connectivity index (χ0n) is 82.1. The summed E-state index contributed by atoms with van der Waals surface area (Å²) in [6.07, 6.45) is 23.3. The third-order valence-electron chi connectivity index (χ3n) is 22.6. The number of morpholine rings is 1. The number of halogens is 2. The molecule has 6 aliphatic heterocycles. The van der Waals surface area contributed by atoms with Crippen molar-refractivity contribution in [3.05, 3.63) is 30.1 Å². The maximum absolute atomic E-state index is 12.8. The number of likely N-dealkylation sites (tertiary alicyclic amines) is 4. The third-order valence-corrected chi connectivity index (χ3v) is 22.6. The topological polar surface area (TPSA) is 141 Å². The molecule has 9 fully saturated rings. The number of nitrogens with one attached hydrogen (secondary N) is 8. The van der Waals surface area contributed by atoms with Gasteiger partial charge in [-0.3, -0.25) is 14.8 Å². The van der Waals surface area contributed by atoms with Gasteiger partial charge in [0.25, 0.3) is 5.92 Å². The van der Waals surface area contributed by atoms with E-state index in [0.717, 1.165) is 82.2 Å². The van der Waals surface area contributed by atoms with Crippen molar-refractivity contribution in [3.63, 3.8) is 0 Å². The van der Waals surface area contributed by atoms with Gasteiger partial charge in [-0.25, -0.2) is 8.78 Å². The van der Waals surface area contributed by atoms with Crippen molar-refractivity contribution in [2.75, 3.05) is 184 Å². The molecule has 0 bridgehead atoms. The minimum atomic E-state index is -2.42. The Morgan fingerprint density at radius 2 is 0.817 bits per heavy atom. The fourth-order valence-corrected chi connectivity index (χ4v) is 15.0. The first-order chi connectivity index (χ1) is 53.0. The van der Waals surface area contributed by atoms with Gasteiger partial charge in [0.15, 0.2) is 0 Å². The minimum absolute atomic E-state index is 0.0164.